The second-order valence-electron chi connectivity index (χ2n) is 15.4. The highest BCUT2D eigenvalue weighted by Crippen LogP contribution is 2.39. The van der Waals surface area contributed by atoms with Gasteiger partial charge >= 0.3 is 12.1 Å². The molecule has 57 heavy (non-hydrogen) atoms. The van der Waals surface area contributed by atoms with Crippen molar-refractivity contribution >= 4 is 84.6 Å². The summed E-state index contributed by atoms with van der Waals surface area (Å²) in [5, 5.41) is 5.89. The van der Waals surface area contributed by atoms with E-state index in [0.29, 0.717) is 64.1 Å². The van der Waals surface area contributed by atoms with Crippen LogP contribution in [0, 0.1) is 0 Å². The van der Waals surface area contributed by atoms with Gasteiger partial charge in [0.05, 0.1) is 54.8 Å². The SMILES string of the molecule is C[C@@H]1CN(C(=O)N2CCc3c(sc4ncnc(Cl)c34)C2)C[C@H](C)O1.C[C@@H]1CN(C(=O)N2CCc3c(sc4ncnc(Nc5cc6c(cn5)CN=C6)c34)C2)C[C@H](C)O1. The molecule has 10 heterocycles. The Labute approximate surface area is 343 Å². The standard InChI is InChI=1S/C23H25N7O2S.C16H19ClN4O2S/c1-13-9-30(10-14(2)32-13)23(31)29-4-3-17-18(11-29)33-22-20(17)21(26-12-27-22)28-19-5-15-6-24-7-16(15)8-25-19;1-9-5-21(6-10(2)23-9)16(22)20-4-3-11-12(7-20)24-15-13(11)14(17)18-8-19-15/h5-6,8,12-14H,3-4,7,9-11H2,1-2H3,(H,25,26,27,28);8-10H,3-7H2,1-2H3/t13-,14+;9-,10+. The van der Waals surface area contributed by atoms with E-state index < -0.39 is 0 Å². The zero-order valence-electron chi connectivity index (χ0n) is 32.3. The molecule has 15 nitrogen and oxygen atoms in total. The van der Waals surface area contributed by atoms with Gasteiger partial charge in [-0.15, -0.1) is 22.7 Å². The Morgan fingerprint density at radius 1 is 0.737 bits per heavy atom. The molecule has 5 aromatic heterocycles. The second-order valence-corrected chi connectivity index (χ2v) is 17.9. The van der Waals surface area contributed by atoms with E-state index in [0.717, 1.165) is 56.0 Å². The van der Waals surface area contributed by atoms with Gasteiger partial charge in [-0.25, -0.2) is 34.5 Å². The highest BCUT2D eigenvalue weighted by Gasteiger charge is 2.34. The number of urea groups is 2. The molecule has 5 aliphatic heterocycles. The summed E-state index contributed by atoms with van der Waals surface area (Å²) in [5.41, 5.74) is 4.66. The van der Waals surface area contributed by atoms with Crippen molar-refractivity contribution in [1.82, 2.24) is 44.5 Å². The number of carbonyl (C=O) groups is 2. The number of nitrogens with zero attached hydrogens (tertiary/aromatic N) is 10. The van der Waals surface area contributed by atoms with E-state index in [4.69, 9.17) is 21.1 Å². The van der Waals surface area contributed by atoms with Crippen LogP contribution >= 0.6 is 34.3 Å². The van der Waals surface area contributed by atoms with E-state index in [2.05, 4.69) is 35.2 Å². The van der Waals surface area contributed by atoms with Gasteiger partial charge < -0.3 is 34.4 Å². The number of pyridine rings is 1. The molecular formula is C39H44ClN11O4S2. The van der Waals surface area contributed by atoms with Gasteiger partial charge in [-0.2, -0.15) is 0 Å². The van der Waals surface area contributed by atoms with Crippen molar-refractivity contribution in [3.05, 3.63) is 62.1 Å². The molecule has 2 fully saturated rings. The highest BCUT2D eigenvalue weighted by atomic mass is 35.5. The average molecular weight is 830 g/mol. The first-order chi connectivity index (χ1) is 27.6. The molecule has 0 aliphatic carbocycles. The number of ether oxygens (including phenoxy) is 2. The van der Waals surface area contributed by atoms with E-state index in [1.165, 1.54) is 27.2 Å². The molecule has 4 atom stereocenters. The molecule has 5 aliphatic rings. The minimum atomic E-state index is 0.0605. The fourth-order valence-electron chi connectivity index (χ4n) is 8.49. The normalized spacial score (nSPS) is 22.9. The van der Waals surface area contributed by atoms with E-state index in [1.54, 1.807) is 29.0 Å². The van der Waals surface area contributed by atoms with Crippen LogP contribution in [0.2, 0.25) is 5.15 Å². The summed E-state index contributed by atoms with van der Waals surface area (Å²) in [6, 6.07) is 2.19. The Bertz CT molecular complexity index is 2370. The quantitative estimate of drug-likeness (QED) is 0.201. The predicted octanol–water partition coefficient (Wildman–Crippen LogP) is 6.28. The number of fused-ring (bicyclic) bond motifs is 7. The molecule has 0 saturated carbocycles. The molecule has 4 amide bonds. The van der Waals surface area contributed by atoms with Crippen LogP contribution in [0.4, 0.5) is 21.2 Å². The van der Waals surface area contributed by atoms with Gasteiger partial charge in [-0.3, -0.25) is 4.99 Å². The molecule has 0 spiro atoms. The van der Waals surface area contributed by atoms with Crippen LogP contribution in [-0.4, -0.2) is 126 Å². The summed E-state index contributed by atoms with van der Waals surface area (Å²) in [5.74, 6) is 1.50. The zero-order chi connectivity index (χ0) is 39.4. The van der Waals surface area contributed by atoms with Crippen molar-refractivity contribution in [3.8, 4) is 0 Å². The van der Waals surface area contributed by atoms with Gasteiger partial charge in [0.25, 0.3) is 0 Å². The van der Waals surface area contributed by atoms with E-state index in [1.807, 2.05) is 65.8 Å². The summed E-state index contributed by atoms with van der Waals surface area (Å²) >= 11 is 9.49. The maximum atomic E-state index is 13.2. The summed E-state index contributed by atoms with van der Waals surface area (Å²) in [7, 11) is 0. The lowest BCUT2D eigenvalue weighted by atomic mass is 10.0. The number of rotatable bonds is 2. The number of amides is 4. The number of anilines is 2. The molecule has 18 heteroatoms. The first-order valence-corrected chi connectivity index (χ1v) is 21.4. The minimum absolute atomic E-state index is 0.0605. The number of hydrogen-bond donors (Lipinski definition) is 1. The molecule has 5 aromatic rings. The van der Waals surface area contributed by atoms with Gasteiger partial charge in [-0.05, 0) is 57.7 Å². The third-order valence-corrected chi connectivity index (χ3v) is 13.4. The molecule has 0 radical (unpaired) electrons. The van der Waals surface area contributed by atoms with Gasteiger partial charge in [0.2, 0.25) is 0 Å². The van der Waals surface area contributed by atoms with E-state index in [9.17, 15) is 9.59 Å². The van der Waals surface area contributed by atoms with Crippen molar-refractivity contribution < 1.29 is 19.1 Å². The van der Waals surface area contributed by atoms with Crippen LogP contribution in [0.25, 0.3) is 20.4 Å². The third-order valence-electron chi connectivity index (χ3n) is 10.9. The number of carbonyl (C=O) groups excluding carboxylic acids is 2. The van der Waals surface area contributed by atoms with Crippen LogP contribution in [0.5, 0.6) is 0 Å². The maximum Gasteiger partial charge on any atom is 0.320 e. The third kappa shape index (κ3) is 7.63. The van der Waals surface area contributed by atoms with E-state index >= 15 is 0 Å². The van der Waals surface area contributed by atoms with Gasteiger partial charge in [0.15, 0.2) is 0 Å². The molecule has 1 N–H and O–H groups in total. The number of halogens is 1. The van der Waals surface area contributed by atoms with Crippen LogP contribution < -0.4 is 5.32 Å². The Hall–Kier alpha value is -4.55. The molecule has 10 rings (SSSR count). The monoisotopic (exact) mass is 829 g/mol. The van der Waals surface area contributed by atoms with Crippen molar-refractivity contribution in [3.63, 3.8) is 0 Å². The van der Waals surface area contributed by atoms with Gasteiger partial charge in [0.1, 0.15) is 39.1 Å². The van der Waals surface area contributed by atoms with Crippen LogP contribution in [0.3, 0.4) is 0 Å². The smallest absolute Gasteiger partial charge is 0.320 e. The molecule has 298 valence electrons. The second kappa shape index (κ2) is 15.7. The lowest BCUT2D eigenvalue weighted by Gasteiger charge is -2.39. The van der Waals surface area contributed by atoms with Crippen LogP contribution in [0.15, 0.2) is 29.9 Å². The van der Waals surface area contributed by atoms with Crippen molar-refractivity contribution in [2.75, 3.05) is 44.6 Å². The summed E-state index contributed by atoms with van der Waals surface area (Å²) in [6.07, 6.45) is 8.68. The van der Waals surface area contributed by atoms with Crippen LogP contribution in [0.1, 0.15) is 59.7 Å². The fourth-order valence-corrected chi connectivity index (χ4v) is 11.2. The summed E-state index contributed by atoms with van der Waals surface area (Å²) in [6.45, 7) is 13.9. The first kappa shape index (κ1) is 38.0. The number of hydrogen-bond acceptors (Lipinski definition) is 13. The fraction of sp³-hybridized carbons (Fsp3) is 0.487. The maximum absolute atomic E-state index is 13.2. The van der Waals surface area contributed by atoms with Crippen molar-refractivity contribution in [1.29, 1.82) is 0 Å². The number of morpholine rings is 2. The Morgan fingerprint density at radius 2 is 1.28 bits per heavy atom. The summed E-state index contributed by atoms with van der Waals surface area (Å²) in [4.78, 5) is 64.3. The Morgan fingerprint density at radius 3 is 1.88 bits per heavy atom. The number of aliphatic imine (C=N–C) groups is 1. The average Bonchev–Trinajstić information content (AvgIpc) is 3.92. The van der Waals surface area contributed by atoms with Gasteiger partial charge in [0, 0.05) is 72.6 Å². The lowest BCUT2D eigenvalue weighted by Crippen LogP contribution is -2.53. The number of nitrogens with one attached hydrogen (secondary N) is 1. The van der Waals surface area contributed by atoms with Crippen molar-refractivity contribution in [2.45, 2.75) is 84.6 Å². The zero-order valence-corrected chi connectivity index (χ0v) is 34.7. The lowest BCUT2D eigenvalue weighted by molar-refractivity contribution is -0.0586. The van der Waals surface area contributed by atoms with Crippen molar-refractivity contribution in [2.24, 2.45) is 4.99 Å². The molecule has 0 unspecified atom stereocenters. The Kier molecular flexibility index (Phi) is 10.4. The molecule has 2 saturated heterocycles. The highest BCUT2D eigenvalue weighted by molar-refractivity contribution is 7.19. The molecule has 0 bridgehead atoms. The van der Waals surface area contributed by atoms with Gasteiger partial charge in [-0.1, -0.05) is 11.6 Å². The Balaban J connectivity index is 0.000000156. The molecular weight excluding hydrogens is 786 g/mol. The summed E-state index contributed by atoms with van der Waals surface area (Å²) < 4.78 is 11.5. The van der Waals surface area contributed by atoms with E-state index in [-0.39, 0.29) is 36.5 Å². The minimum Gasteiger partial charge on any atom is -0.372 e. The number of thiophene rings is 2. The number of aromatic nitrogens is 5. The topological polar surface area (TPSA) is 154 Å². The predicted molar refractivity (Wildman–Crippen MR) is 221 cm³/mol. The largest absolute Gasteiger partial charge is 0.372 e. The molecule has 0 aromatic carbocycles. The first-order valence-electron chi connectivity index (χ1n) is 19.4. The van der Waals surface area contributed by atoms with Crippen LogP contribution in [-0.2, 0) is 41.9 Å².